The summed E-state index contributed by atoms with van der Waals surface area (Å²) in [4.78, 5) is 13.8. The number of nitrogens with zero attached hydrogens (tertiary/aromatic N) is 3. The molecule has 1 aromatic heterocycles. The fourth-order valence-electron chi connectivity index (χ4n) is 1.56. The normalized spacial score (nSPS) is 11.1. The Morgan fingerprint density at radius 3 is 2.62 bits per heavy atom. The Kier molecular flexibility index (Phi) is 4.04. The summed E-state index contributed by atoms with van der Waals surface area (Å²) in [7, 11) is -2.48. The number of sulfonamides is 1. The molecule has 0 fully saturated rings. The van der Waals surface area contributed by atoms with E-state index in [1.165, 1.54) is 19.2 Å². The van der Waals surface area contributed by atoms with Gasteiger partial charge in [-0.2, -0.15) is 4.37 Å². The lowest BCUT2D eigenvalue weighted by molar-refractivity contribution is -0.385. The third kappa shape index (κ3) is 3.25. The molecular weight excluding hydrogens is 318 g/mol. The van der Waals surface area contributed by atoms with Crippen LogP contribution in [0.2, 0.25) is 0 Å². The lowest BCUT2D eigenvalue weighted by Crippen LogP contribution is -2.15. The SMILES string of the molecule is CNc1ccc([N+](=O)[O-])cc1S(=O)(=O)Nc1nc(C)ns1. The molecular formula is C10H11N5O4S2. The van der Waals surface area contributed by atoms with Crippen LogP contribution in [0.15, 0.2) is 23.1 Å². The molecule has 11 heteroatoms. The summed E-state index contributed by atoms with van der Waals surface area (Å²) >= 11 is 0.889. The fourth-order valence-corrected chi connectivity index (χ4v) is 3.59. The molecule has 2 N–H and O–H groups in total. The second-order valence-electron chi connectivity index (χ2n) is 3.94. The quantitative estimate of drug-likeness (QED) is 0.630. The number of nitro benzene ring substituents is 1. The first kappa shape index (κ1) is 15.1. The molecule has 0 aliphatic carbocycles. The average Bonchev–Trinajstić information content (AvgIpc) is 2.82. The molecule has 112 valence electrons. The van der Waals surface area contributed by atoms with Gasteiger partial charge in [0.15, 0.2) is 0 Å². The average molecular weight is 329 g/mol. The summed E-state index contributed by atoms with van der Waals surface area (Å²) in [5, 5.41) is 13.6. The van der Waals surface area contributed by atoms with Crippen molar-refractivity contribution >= 4 is 38.1 Å². The Labute approximate surface area is 124 Å². The van der Waals surface area contributed by atoms with E-state index in [1.54, 1.807) is 6.92 Å². The van der Waals surface area contributed by atoms with E-state index in [-0.39, 0.29) is 21.4 Å². The van der Waals surface area contributed by atoms with Gasteiger partial charge in [-0.25, -0.2) is 13.4 Å². The summed E-state index contributed by atoms with van der Waals surface area (Å²) in [5.41, 5.74) is -0.0721. The minimum Gasteiger partial charge on any atom is -0.387 e. The second-order valence-corrected chi connectivity index (χ2v) is 6.34. The Bertz CT molecular complexity index is 786. The summed E-state index contributed by atoms with van der Waals surface area (Å²) in [6.45, 7) is 1.63. The van der Waals surface area contributed by atoms with Gasteiger partial charge in [-0.3, -0.25) is 14.8 Å². The Morgan fingerprint density at radius 2 is 2.10 bits per heavy atom. The van der Waals surface area contributed by atoms with Gasteiger partial charge in [0.1, 0.15) is 10.7 Å². The maximum Gasteiger partial charge on any atom is 0.270 e. The highest BCUT2D eigenvalue weighted by molar-refractivity contribution is 7.93. The van der Waals surface area contributed by atoms with Crippen LogP contribution in [0.3, 0.4) is 0 Å². The zero-order valence-electron chi connectivity index (χ0n) is 11.0. The highest BCUT2D eigenvalue weighted by Gasteiger charge is 2.23. The molecule has 0 aliphatic heterocycles. The summed E-state index contributed by atoms with van der Waals surface area (Å²) in [6.07, 6.45) is 0. The van der Waals surface area contributed by atoms with Crippen LogP contribution in [0.25, 0.3) is 0 Å². The van der Waals surface area contributed by atoms with Gasteiger partial charge in [0, 0.05) is 30.7 Å². The van der Waals surface area contributed by atoms with Crippen LogP contribution < -0.4 is 10.0 Å². The van der Waals surface area contributed by atoms with Crippen molar-refractivity contribution < 1.29 is 13.3 Å². The molecule has 0 radical (unpaired) electrons. The van der Waals surface area contributed by atoms with Crippen LogP contribution >= 0.6 is 11.5 Å². The van der Waals surface area contributed by atoms with Gasteiger partial charge in [-0.1, -0.05) is 0 Å². The predicted molar refractivity (Wildman–Crippen MR) is 78.1 cm³/mol. The van der Waals surface area contributed by atoms with Gasteiger partial charge < -0.3 is 5.32 Å². The molecule has 21 heavy (non-hydrogen) atoms. The number of rotatable bonds is 5. The van der Waals surface area contributed by atoms with Crippen LogP contribution in [0, 0.1) is 17.0 Å². The van der Waals surface area contributed by atoms with Crippen molar-refractivity contribution in [1.82, 2.24) is 9.36 Å². The lowest BCUT2D eigenvalue weighted by atomic mass is 10.3. The smallest absolute Gasteiger partial charge is 0.270 e. The van der Waals surface area contributed by atoms with E-state index in [0.717, 1.165) is 17.6 Å². The van der Waals surface area contributed by atoms with Crippen molar-refractivity contribution in [3.63, 3.8) is 0 Å². The molecule has 0 atom stereocenters. The largest absolute Gasteiger partial charge is 0.387 e. The van der Waals surface area contributed by atoms with Gasteiger partial charge in [0.2, 0.25) is 5.13 Å². The van der Waals surface area contributed by atoms with Crippen molar-refractivity contribution in [1.29, 1.82) is 0 Å². The van der Waals surface area contributed by atoms with E-state index < -0.39 is 14.9 Å². The molecule has 1 heterocycles. The van der Waals surface area contributed by atoms with E-state index in [1.807, 2.05) is 0 Å². The van der Waals surface area contributed by atoms with E-state index in [0.29, 0.717) is 5.82 Å². The molecule has 2 rings (SSSR count). The summed E-state index contributed by atoms with van der Waals surface area (Å²) < 4.78 is 30.8. The highest BCUT2D eigenvalue weighted by atomic mass is 32.2. The number of nitrogens with one attached hydrogen (secondary N) is 2. The van der Waals surface area contributed by atoms with Crippen LogP contribution in [-0.4, -0.2) is 29.7 Å². The minimum atomic E-state index is -4.01. The van der Waals surface area contributed by atoms with E-state index in [4.69, 9.17) is 0 Å². The van der Waals surface area contributed by atoms with Gasteiger partial charge in [0.05, 0.1) is 10.6 Å². The molecule has 0 bridgehead atoms. The summed E-state index contributed by atoms with van der Waals surface area (Å²) in [6, 6.07) is 3.54. The van der Waals surface area contributed by atoms with Crippen LogP contribution in [0.5, 0.6) is 0 Å². The van der Waals surface area contributed by atoms with E-state index in [9.17, 15) is 18.5 Å². The van der Waals surface area contributed by atoms with Crippen LogP contribution in [0.1, 0.15) is 5.82 Å². The van der Waals surface area contributed by atoms with Crippen molar-refractivity contribution in [2.45, 2.75) is 11.8 Å². The van der Waals surface area contributed by atoms with E-state index >= 15 is 0 Å². The molecule has 0 aliphatic rings. The first-order chi connectivity index (χ1) is 9.83. The zero-order chi connectivity index (χ0) is 15.6. The maximum absolute atomic E-state index is 12.3. The molecule has 9 nitrogen and oxygen atoms in total. The van der Waals surface area contributed by atoms with Crippen molar-refractivity contribution in [2.24, 2.45) is 0 Å². The molecule has 0 saturated heterocycles. The number of nitro groups is 1. The van der Waals surface area contributed by atoms with Gasteiger partial charge in [0.25, 0.3) is 15.7 Å². The van der Waals surface area contributed by atoms with Crippen molar-refractivity contribution in [3.05, 3.63) is 34.1 Å². The number of benzene rings is 1. The number of non-ortho nitro benzene ring substituents is 1. The topological polar surface area (TPSA) is 127 Å². The first-order valence-corrected chi connectivity index (χ1v) is 7.88. The Balaban J connectivity index is 2.47. The molecule has 0 amide bonds. The summed E-state index contributed by atoms with van der Waals surface area (Å²) in [5.74, 6) is 0.436. The van der Waals surface area contributed by atoms with Crippen molar-refractivity contribution in [3.8, 4) is 0 Å². The predicted octanol–water partition coefficient (Wildman–Crippen LogP) is 1.60. The monoisotopic (exact) mass is 329 g/mol. The highest BCUT2D eigenvalue weighted by Crippen LogP contribution is 2.28. The standard InChI is InChI=1S/C10H11N5O4S2/c1-6-12-10(20-13-6)14-21(18,19)9-5-7(15(16)17)3-4-8(9)11-2/h3-5,11H,1-2H3,(H,12,13,14). The Morgan fingerprint density at radius 1 is 1.38 bits per heavy atom. The van der Waals surface area contributed by atoms with Gasteiger partial charge in [-0.05, 0) is 13.0 Å². The van der Waals surface area contributed by atoms with Gasteiger partial charge in [-0.15, -0.1) is 0 Å². The number of hydrogen-bond acceptors (Lipinski definition) is 8. The minimum absolute atomic E-state index is 0.0982. The van der Waals surface area contributed by atoms with Crippen LogP contribution in [-0.2, 0) is 10.0 Å². The Hall–Kier alpha value is -2.27. The fraction of sp³-hybridized carbons (Fsp3) is 0.200. The zero-order valence-corrected chi connectivity index (χ0v) is 12.7. The first-order valence-electron chi connectivity index (χ1n) is 5.63. The molecule has 0 spiro atoms. The number of aryl methyl sites for hydroxylation is 1. The van der Waals surface area contributed by atoms with Crippen molar-refractivity contribution in [2.75, 3.05) is 17.1 Å². The molecule has 1 aromatic carbocycles. The maximum atomic E-state index is 12.3. The lowest BCUT2D eigenvalue weighted by Gasteiger charge is -2.10. The number of hydrogen-bond donors (Lipinski definition) is 2. The number of aromatic nitrogens is 2. The third-order valence-electron chi connectivity index (χ3n) is 2.48. The molecule has 0 unspecified atom stereocenters. The van der Waals surface area contributed by atoms with Gasteiger partial charge >= 0.3 is 0 Å². The molecule has 0 saturated carbocycles. The molecule has 2 aromatic rings. The second kappa shape index (κ2) is 5.61. The van der Waals surface area contributed by atoms with E-state index in [2.05, 4.69) is 19.4 Å². The number of anilines is 2. The third-order valence-corrected chi connectivity index (χ3v) is 4.71. The van der Waals surface area contributed by atoms with Crippen LogP contribution in [0.4, 0.5) is 16.5 Å².